The van der Waals surface area contributed by atoms with Gasteiger partial charge in [0.2, 0.25) is 5.75 Å². The number of ether oxygens (including phenoxy) is 2. The summed E-state index contributed by atoms with van der Waals surface area (Å²) in [6.07, 6.45) is 1.44. The number of hydrogen-bond donors (Lipinski definition) is 0. The van der Waals surface area contributed by atoms with Gasteiger partial charge in [-0.15, -0.1) is 0 Å². The molecule has 1 aromatic rings. The number of esters is 1. The molecule has 0 N–H and O–H groups in total. The summed E-state index contributed by atoms with van der Waals surface area (Å²) in [6.45, 7) is 3.89. The minimum atomic E-state index is -0.635. The predicted molar refractivity (Wildman–Crippen MR) is 66.0 cm³/mol. The van der Waals surface area contributed by atoms with Gasteiger partial charge in [-0.05, 0) is 13.3 Å². The first kappa shape index (κ1) is 14.2. The van der Waals surface area contributed by atoms with Gasteiger partial charge in [0.25, 0.3) is 5.56 Å². The Bertz CT molecular complexity index is 494. The lowest BCUT2D eigenvalue weighted by Gasteiger charge is -2.12. The quantitative estimate of drug-likeness (QED) is 0.731. The Kier molecular flexibility index (Phi) is 4.88. The molecule has 0 spiro atoms. The lowest BCUT2D eigenvalue weighted by atomic mass is 10.3. The van der Waals surface area contributed by atoms with E-state index in [9.17, 15) is 9.59 Å². The van der Waals surface area contributed by atoms with Gasteiger partial charge in [-0.2, -0.15) is 0 Å². The topological polar surface area (TPSA) is 70.4 Å². The van der Waals surface area contributed by atoms with Gasteiger partial charge in [0, 0.05) is 13.5 Å². The van der Waals surface area contributed by atoms with Crippen LogP contribution in [0.25, 0.3) is 0 Å². The highest BCUT2D eigenvalue weighted by Gasteiger charge is 2.21. The third-order valence-electron chi connectivity index (χ3n) is 2.49. The van der Waals surface area contributed by atoms with Crippen LogP contribution < -0.4 is 10.3 Å². The molecule has 0 aliphatic heterocycles. The Morgan fingerprint density at radius 2 is 2.06 bits per heavy atom. The molecule has 0 aromatic carbocycles. The van der Waals surface area contributed by atoms with Crippen LogP contribution in [0.2, 0.25) is 0 Å². The molecule has 0 unspecified atom stereocenters. The van der Waals surface area contributed by atoms with Gasteiger partial charge < -0.3 is 9.47 Å². The molecule has 100 valence electrons. The Balaban J connectivity index is 3.39. The third kappa shape index (κ3) is 2.69. The molecule has 18 heavy (non-hydrogen) atoms. The number of rotatable bonds is 5. The molecule has 6 heteroatoms. The summed E-state index contributed by atoms with van der Waals surface area (Å²) >= 11 is 0. The summed E-state index contributed by atoms with van der Waals surface area (Å²) in [5, 5.41) is 0. The average molecular weight is 254 g/mol. The minimum Gasteiger partial charge on any atom is -0.489 e. The van der Waals surface area contributed by atoms with Crippen LogP contribution in [0.5, 0.6) is 5.75 Å². The molecule has 0 aliphatic rings. The van der Waals surface area contributed by atoms with Crippen molar-refractivity contribution in [3.63, 3.8) is 0 Å². The van der Waals surface area contributed by atoms with Crippen molar-refractivity contribution in [2.45, 2.75) is 26.7 Å². The maximum Gasteiger partial charge on any atom is 0.361 e. The van der Waals surface area contributed by atoms with E-state index in [4.69, 9.17) is 9.47 Å². The highest BCUT2D eigenvalue weighted by Crippen LogP contribution is 2.13. The zero-order valence-electron chi connectivity index (χ0n) is 11.1. The maximum atomic E-state index is 12.0. The van der Waals surface area contributed by atoms with Crippen molar-refractivity contribution in [3.8, 4) is 5.75 Å². The molecule has 6 nitrogen and oxygen atoms in total. The molecule has 0 amide bonds. The smallest absolute Gasteiger partial charge is 0.361 e. The summed E-state index contributed by atoms with van der Waals surface area (Å²) < 4.78 is 11.2. The van der Waals surface area contributed by atoms with E-state index in [0.717, 1.165) is 6.42 Å². The second-order valence-electron chi connectivity index (χ2n) is 3.74. The van der Waals surface area contributed by atoms with E-state index in [1.165, 1.54) is 11.7 Å². The summed E-state index contributed by atoms with van der Waals surface area (Å²) in [7, 11) is 2.94. The highest BCUT2D eigenvalue weighted by atomic mass is 16.5. The Morgan fingerprint density at radius 1 is 1.39 bits per heavy atom. The van der Waals surface area contributed by atoms with Crippen LogP contribution in [0.1, 0.15) is 36.6 Å². The van der Waals surface area contributed by atoms with E-state index in [2.05, 4.69) is 4.98 Å². The molecular weight excluding hydrogens is 236 g/mol. The summed E-state index contributed by atoms with van der Waals surface area (Å²) in [4.78, 5) is 27.9. The van der Waals surface area contributed by atoms with E-state index in [1.54, 1.807) is 14.0 Å². The van der Waals surface area contributed by atoms with Crippen LogP contribution in [0.15, 0.2) is 4.79 Å². The first-order chi connectivity index (χ1) is 8.56. The van der Waals surface area contributed by atoms with E-state index in [1.807, 2.05) is 6.92 Å². The van der Waals surface area contributed by atoms with Gasteiger partial charge in [-0.1, -0.05) is 6.92 Å². The van der Waals surface area contributed by atoms with Gasteiger partial charge >= 0.3 is 5.97 Å². The maximum absolute atomic E-state index is 12.0. The van der Waals surface area contributed by atoms with Crippen LogP contribution in [-0.4, -0.2) is 29.2 Å². The average Bonchev–Trinajstić information content (AvgIpc) is 2.35. The molecule has 1 heterocycles. The first-order valence-electron chi connectivity index (χ1n) is 5.87. The molecule has 0 radical (unpaired) electrons. The van der Waals surface area contributed by atoms with Crippen molar-refractivity contribution in [2.24, 2.45) is 7.05 Å². The number of methoxy groups -OCH3 is 1. The van der Waals surface area contributed by atoms with Gasteiger partial charge in [0.05, 0.1) is 13.7 Å². The zero-order chi connectivity index (χ0) is 13.7. The van der Waals surface area contributed by atoms with Crippen LogP contribution >= 0.6 is 0 Å². The Labute approximate surface area is 106 Å². The molecule has 1 aromatic heterocycles. The normalized spacial score (nSPS) is 10.2. The second kappa shape index (κ2) is 6.18. The molecular formula is C12H18N2O4. The first-order valence-corrected chi connectivity index (χ1v) is 5.87. The number of carbonyl (C=O) groups excluding carboxylic acids is 1. The fraction of sp³-hybridized carbons (Fsp3) is 0.583. The molecule has 0 atom stereocenters. The standard InChI is InChI=1S/C12H18N2O4/c1-5-7-8-13-9(12(16)18-6-2)10(17-4)11(15)14(8)3/h5-7H2,1-4H3. The number of carbonyl (C=O) groups is 1. The van der Waals surface area contributed by atoms with Crippen molar-refractivity contribution in [1.82, 2.24) is 9.55 Å². The van der Waals surface area contributed by atoms with Crippen LogP contribution in [-0.2, 0) is 18.2 Å². The fourth-order valence-electron chi connectivity index (χ4n) is 1.59. The van der Waals surface area contributed by atoms with E-state index in [-0.39, 0.29) is 23.6 Å². The zero-order valence-corrected chi connectivity index (χ0v) is 11.1. The van der Waals surface area contributed by atoms with Gasteiger partial charge in [-0.3, -0.25) is 9.36 Å². The van der Waals surface area contributed by atoms with Gasteiger partial charge in [-0.25, -0.2) is 9.78 Å². The number of aryl methyl sites for hydroxylation is 1. The Morgan fingerprint density at radius 3 is 2.56 bits per heavy atom. The van der Waals surface area contributed by atoms with Crippen molar-refractivity contribution in [2.75, 3.05) is 13.7 Å². The number of hydrogen-bond acceptors (Lipinski definition) is 5. The number of nitrogens with zero attached hydrogens (tertiary/aromatic N) is 2. The molecule has 0 saturated carbocycles. The summed E-state index contributed by atoms with van der Waals surface area (Å²) in [6, 6.07) is 0. The largest absolute Gasteiger partial charge is 0.489 e. The highest BCUT2D eigenvalue weighted by molar-refractivity contribution is 5.90. The minimum absolute atomic E-state index is 0.0501. The third-order valence-corrected chi connectivity index (χ3v) is 2.49. The van der Waals surface area contributed by atoms with E-state index >= 15 is 0 Å². The van der Waals surface area contributed by atoms with Gasteiger partial charge in [0.1, 0.15) is 5.82 Å². The van der Waals surface area contributed by atoms with Crippen molar-refractivity contribution < 1.29 is 14.3 Å². The fourth-order valence-corrected chi connectivity index (χ4v) is 1.59. The Hall–Kier alpha value is -1.85. The summed E-state index contributed by atoms with van der Waals surface area (Å²) in [5.74, 6) is -0.161. The lowest BCUT2D eigenvalue weighted by molar-refractivity contribution is 0.0514. The monoisotopic (exact) mass is 254 g/mol. The lowest BCUT2D eigenvalue weighted by Crippen LogP contribution is -2.27. The molecule has 0 saturated heterocycles. The molecule has 0 aliphatic carbocycles. The van der Waals surface area contributed by atoms with Gasteiger partial charge in [0.15, 0.2) is 5.69 Å². The molecule has 0 fully saturated rings. The SMILES string of the molecule is CCCc1nc(C(=O)OCC)c(OC)c(=O)n1C. The van der Waals surface area contributed by atoms with Crippen LogP contribution in [0.4, 0.5) is 0 Å². The second-order valence-corrected chi connectivity index (χ2v) is 3.74. The summed E-state index contributed by atoms with van der Waals surface area (Å²) in [5.41, 5.74) is -0.426. The van der Waals surface area contributed by atoms with Crippen molar-refractivity contribution >= 4 is 5.97 Å². The van der Waals surface area contributed by atoms with Crippen molar-refractivity contribution in [1.29, 1.82) is 0 Å². The molecule has 0 bridgehead atoms. The van der Waals surface area contributed by atoms with Crippen molar-refractivity contribution in [3.05, 3.63) is 21.9 Å². The van der Waals surface area contributed by atoms with E-state index in [0.29, 0.717) is 12.2 Å². The molecule has 1 rings (SSSR count). The van der Waals surface area contributed by atoms with E-state index < -0.39 is 5.97 Å². The number of aromatic nitrogens is 2. The van der Waals surface area contributed by atoms with Crippen LogP contribution in [0.3, 0.4) is 0 Å². The predicted octanol–water partition coefficient (Wildman–Crippen LogP) is 0.918. The van der Waals surface area contributed by atoms with Crippen LogP contribution in [0, 0.1) is 0 Å².